The number of nitrogens with two attached hydrogens (primary N) is 1. The Labute approximate surface area is 78.7 Å². The Hall–Kier alpha value is -0.610. The van der Waals surface area contributed by atoms with Gasteiger partial charge in [0.15, 0.2) is 0 Å². The first-order valence-electron chi connectivity index (χ1n) is 4.61. The predicted molar refractivity (Wildman–Crippen MR) is 50.3 cm³/mol. The molecular formula is C9H19NO3. The molecule has 4 N–H and O–H groups in total. The van der Waals surface area contributed by atoms with Crippen LogP contribution in [-0.2, 0) is 4.79 Å². The van der Waals surface area contributed by atoms with Crippen molar-refractivity contribution in [3.8, 4) is 0 Å². The Balaban J connectivity index is 4.15. The molecule has 0 radical (unpaired) electrons. The van der Waals surface area contributed by atoms with Gasteiger partial charge in [0.25, 0.3) is 0 Å². The van der Waals surface area contributed by atoms with E-state index in [9.17, 15) is 9.90 Å². The van der Waals surface area contributed by atoms with Gasteiger partial charge in [0.05, 0.1) is 12.0 Å². The van der Waals surface area contributed by atoms with Gasteiger partial charge in [0, 0.05) is 0 Å². The number of aliphatic carboxylic acids is 1. The second-order valence-corrected chi connectivity index (χ2v) is 3.48. The summed E-state index contributed by atoms with van der Waals surface area (Å²) >= 11 is 0. The molecule has 78 valence electrons. The van der Waals surface area contributed by atoms with E-state index in [-0.39, 0.29) is 5.92 Å². The van der Waals surface area contributed by atoms with Crippen molar-refractivity contribution in [1.82, 2.24) is 0 Å². The lowest BCUT2D eigenvalue weighted by atomic mass is 9.86. The molecule has 0 aliphatic rings. The Morgan fingerprint density at radius 1 is 1.46 bits per heavy atom. The minimum Gasteiger partial charge on any atom is -0.481 e. The molecule has 0 aromatic heterocycles. The van der Waals surface area contributed by atoms with Gasteiger partial charge in [-0.15, -0.1) is 0 Å². The summed E-state index contributed by atoms with van der Waals surface area (Å²) < 4.78 is 0. The van der Waals surface area contributed by atoms with Gasteiger partial charge in [-0.3, -0.25) is 4.79 Å². The van der Waals surface area contributed by atoms with Gasteiger partial charge < -0.3 is 15.9 Å². The molecule has 0 amide bonds. The second kappa shape index (κ2) is 5.94. The summed E-state index contributed by atoms with van der Waals surface area (Å²) in [5, 5.41) is 18.1. The zero-order valence-corrected chi connectivity index (χ0v) is 8.23. The van der Waals surface area contributed by atoms with Crippen LogP contribution in [0.5, 0.6) is 0 Å². The van der Waals surface area contributed by atoms with E-state index in [1.165, 1.54) is 0 Å². The van der Waals surface area contributed by atoms with E-state index >= 15 is 0 Å². The fraction of sp³-hybridized carbons (Fsp3) is 0.889. The molecule has 0 spiro atoms. The molecule has 4 heteroatoms. The third-order valence-electron chi connectivity index (χ3n) is 2.43. The first kappa shape index (κ1) is 12.4. The summed E-state index contributed by atoms with van der Waals surface area (Å²) in [6.45, 7) is 3.86. The van der Waals surface area contributed by atoms with Gasteiger partial charge in [-0.1, -0.05) is 6.92 Å². The second-order valence-electron chi connectivity index (χ2n) is 3.48. The van der Waals surface area contributed by atoms with Crippen LogP contribution in [0.3, 0.4) is 0 Å². The van der Waals surface area contributed by atoms with Crippen molar-refractivity contribution in [1.29, 1.82) is 0 Å². The van der Waals surface area contributed by atoms with Gasteiger partial charge >= 0.3 is 5.97 Å². The van der Waals surface area contributed by atoms with Gasteiger partial charge in [0.1, 0.15) is 0 Å². The van der Waals surface area contributed by atoms with Gasteiger partial charge in [-0.25, -0.2) is 0 Å². The normalized spacial score (nSPS) is 17.8. The first-order chi connectivity index (χ1) is 6.00. The zero-order chi connectivity index (χ0) is 10.4. The average Bonchev–Trinajstić information content (AvgIpc) is 2.04. The lowest BCUT2D eigenvalue weighted by Crippen LogP contribution is -2.29. The lowest BCUT2D eigenvalue weighted by molar-refractivity contribution is -0.145. The van der Waals surface area contributed by atoms with Crippen molar-refractivity contribution in [3.63, 3.8) is 0 Å². The highest BCUT2D eigenvalue weighted by atomic mass is 16.4. The Morgan fingerprint density at radius 3 is 2.31 bits per heavy atom. The highest BCUT2D eigenvalue weighted by Crippen LogP contribution is 2.20. The summed E-state index contributed by atoms with van der Waals surface area (Å²) in [6.07, 6.45) is 0.644. The topological polar surface area (TPSA) is 83.5 Å². The van der Waals surface area contributed by atoms with Gasteiger partial charge in [-0.2, -0.15) is 0 Å². The predicted octanol–water partition coefficient (Wildman–Crippen LogP) is 0.443. The van der Waals surface area contributed by atoms with Gasteiger partial charge in [0.2, 0.25) is 0 Å². The number of hydrogen-bond donors (Lipinski definition) is 3. The summed E-state index contributed by atoms with van der Waals surface area (Å²) in [7, 11) is 0. The Bertz CT molecular complexity index is 159. The minimum atomic E-state index is -0.846. The smallest absolute Gasteiger partial charge is 0.306 e. The van der Waals surface area contributed by atoms with Crippen LogP contribution < -0.4 is 5.73 Å². The van der Waals surface area contributed by atoms with E-state index in [0.29, 0.717) is 19.4 Å². The van der Waals surface area contributed by atoms with E-state index in [1.54, 1.807) is 13.8 Å². The maximum Gasteiger partial charge on any atom is 0.306 e. The molecule has 3 atom stereocenters. The van der Waals surface area contributed by atoms with E-state index in [0.717, 1.165) is 0 Å². The quantitative estimate of drug-likeness (QED) is 0.566. The number of carboxylic acid groups (broad SMARTS) is 1. The van der Waals surface area contributed by atoms with E-state index in [4.69, 9.17) is 10.8 Å². The molecule has 3 unspecified atom stereocenters. The summed E-state index contributed by atoms with van der Waals surface area (Å²) in [5.74, 6) is -1.55. The largest absolute Gasteiger partial charge is 0.481 e. The molecule has 0 aromatic carbocycles. The van der Waals surface area contributed by atoms with Crippen molar-refractivity contribution in [2.45, 2.75) is 32.8 Å². The number of hydrogen-bond acceptors (Lipinski definition) is 3. The van der Waals surface area contributed by atoms with Crippen LogP contribution in [0.15, 0.2) is 0 Å². The Kier molecular flexibility index (Phi) is 5.66. The number of aliphatic hydroxyl groups excluding tert-OH is 1. The fourth-order valence-corrected chi connectivity index (χ4v) is 1.29. The molecule has 4 nitrogen and oxygen atoms in total. The van der Waals surface area contributed by atoms with Crippen molar-refractivity contribution in [2.24, 2.45) is 17.6 Å². The number of aliphatic hydroxyl groups is 1. The molecule has 0 saturated carbocycles. The molecule has 0 bridgehead atoms. The summed E-state index contributed by atoms with van der Waals surface area (Å²) in [5.41, 5.74) is 5.30. The first-order valence-corrected chi connectivity index (χ1v) is 4.61. The third kappa shape index (κ3) is 4.24. The number of rotatable bonds is 6. The molecule has 0 aliphatic carbocycles. The molecule has 0 saturated heterocycles. The molecule has 0 fully saturated rings. The molecule has 13 heavy (non-hydrogen) atoms. The standard InChI is InChI=1S/C9H19NO3/c1-6(7(2)11)8(9(12)13)4-3-5-10/h6-8,11H,3-5,10H2,1-2H3,(H,12,13). The highest BCUT2D eigenvalue weighted by molar-refractivity contribution is 5.70. The number of carboxylic acids is 1. The maximum atomic E-state index is 10.8. The number of carbonyl (C=O) groups is 1. The van der Waals surface area contributed by atoms with Crippen molar-refractivity contribution in [2.75, 3.05) is 6.54 Å². The van der Waals surface area contributed by atoms with Crippen LogP contribution >= 0.6 is 0 Å². The van der Waals surface area contributed by atoms with Crippen molar-refractivity contribution < 1.29 is 15.0 Å². The molecule has 0 heterocycles. The monoisotopic (exact) mass is 189 g/mol. The van der Waals surface area contributed by atoms with Crippen molar-refractivity contribution in [3.05, 3.63) is 0 Å². The fourth-order valence-electron chi connectivity index (χ4n) is 1.29. The SMILES string of the molecule is CC(O)C(C)C(CCCN)C(=O)O. The average molecular weight is 189 g/mol. The molecule has 0 aliphatic heterocycles. The lowest BCUT2D eigenvalue weighted by Gasteiger charge is -2.22. The minimum absolute atomic E-state index is 0.218. The molecular weight excluding hydrogens is 170 g/mol. The van der Waals surface area contributed by atoms with Gasteiger partial charge in [-0.05, 0) is 32.2 Å². The van der Waals surface area contributed by atoms with Crippen LogP contribution in [0.2, 0.25) is 0 Å². The van der Waals surface area contributed by atoms with Crippen LogP contribution in [0, 0.1) is 11.8 Å². The molecule has 0 aromatic rings. The maximum absolute atomic E-state index is 10.8. The third-order valence-corrected chi connectivity index (χ3v) is 2.43. The van der Waals surface area contributed by atoms with Crippen LogP contribution in [0.4, 0.5) is 0 Å². The molecule has 0 rings (SSSR count). The Morgan fingerprint density at radius 2 is 2.00 bits per heavy atom. The zero-order valence-electron chi connectivity index (χ0n) is 8.23. The van der Waals surface area contributed by atoms with E-state index < -0.39 is 18.0 Å². The van der Waals surface area contributed by atoms with Crippen LogP contribution in [0.1, 0.15) is 26.7 Å². The van der Waals surface area contributed by atoms with Crippen LogP contribution in [0.25, 0.3) is 0 Å². The summed E-state index contributed by atoms with van der Waals surface area (Å²) in [6, 6.07) is 0. The summed E-state index contributed by atoms with van der Waals surface area (Å²) in [4.78, 5) is 10.8. The highest BCUT2D eigenvalue weighted by Gasteiger charge is 2.26. The van der Waals surface area contributed by atoms with Crippen molar-refractivity contribution >= 4 is 5.97 Å². The van der Waals surface area contributed by atoms with E-state index in [2.05, 4.69) is 0 Å². The van der Waals surface area contributed by atoms with E-state index in [1.807, 2.05) is 0 Å². The van der Waals surface area contributed by atoms with Crippen LogP contribution in [-0.4, -0.2) is 28.8 Å².